The molecule has 1 aliphatic carbocycles. The van der Waals surface area contributed by atoms with Gasteiger partial charge in [-0.05, 0) is 42.9 Å². The van der Waals surface area contributed by atoms with Gasteiger partial charge in [0.2, 0.25) is 0 Å². The standard InChI is InChI=1S/C21H23NO4/c23-16-12-15(13-16)18(11-14-5-2-1-3-6-14)22-21(24)17-7-4-8-19-20(17)26-10-9-25-19/h1-8,15-16,18,23H,9-13H2,(H,22,24)/t15?,16?,18-/m0/s1. The van der Waals surface area contributed by atoms with E-state index in [4.69, 9.17) is 9.47 Å². The van der Waals surface area contributed by atoms with E-state index in [0.29, 0.717) is 30.3 Å². The molecule has 2 aliphatic rings. The molecule has 0 bridgehead atoms. The van der Waals surface area contributed by atoms with Crippen molar-refractivity contribution in [2.75, 3.05) is 13.2 Å². The number of fused-ring (bicyclic) bond motifs is 1. The minimum atomic E-state index is -0.253. The molecule has 0 unspecified atom stereocenters. The van der Waals surface area contributed by atoms with Crippen molar-refractivity contribution in [3.8, 4) is 11.5 Å². The van der Waals surface area contributed by atoms with E-state index in [1.54, 1.807) is 6.07 Å². The summed E-state index contributed by atoms with van der Waals surface area (Å²) in [7, 11) is 0. The summed E-state index contributed by atoms with van der Waals surface area (Å²) in [6, 6.07) is 15.5. The maximum Gasteiger partial charge on any atom is 0.255 e. The fourth-order valence-electron chi connectivity index (χ4n) is 3.66. The van der Waals surface area contributed by atoms with Gasteiger partial charge in [-0.1, -0.05) is 36.4 Å². The number of aliphatic hydroxyl groups excluding tert-OH is 1. The Morgan fingerprint density at radius 1 is 1.08 bits per heavy atom. The fourth-order valence-corrected chi connectivity index (χ4v) is 3.66. The van der Waals surface area contributed by atoms with E-state index in [1.807, 2.05) is 30.3 Å². The molecule has 2 aromatic carbocycles. The lowest BCUT2D eigenvalue weighted by molar-refractivity contribution is 0.0238. The van der Waals surface area contributed by atoms with Crippen molar-refractivity contribution < 1.29 is 19.4 Å². The Balaban J connectivity index is 1.53. The number of aliphatic hydroxyl groups is 1. The van der Waals surface area contributed by atoms with Crippen LogP contribution in [0, 0.1) is 5.92 Å². The SMILES string of the molecule is O=C(N[C@@H](Cc1ccccc1)C1CC(O)C1)c1cccc2c1OCCO2. The topological polar surface area (TPSA) is 67.8 Å². The van der Waals surface area contributed by atoms with Crippen molar-refractivity contribution in [3.05, 3.63) is 59.7 Å². The van der Waals surface area contributed by atoms with Crippen LogP contribution >= 0.6 is 0 Å². The first-order valence-electron chi connectivity index (χ1n) is 9.12. The number of ether oxygens (including phenoxy) is 2. The highest BCUT2D eigenvalue weighted by Crippen LogP contribution is 2.35. The zero-order valence-electron chi connectivity index (χ0n) is 14.6. The fraction of sp³-hybridized carbons (Fsp3) is 0.381. The highest BCUT2D eigenvalue weighted by molar-refractivity contribution is 5.98. The van der Waals surface area contributed by atoms with Crippen LogP contribution in [0.15, 0.2) is 48.5 Å². The number of nitrogens with one attached hydrogen (secondary N) is 1. The van der Waals surface area contributed by atoms with Crippen LogP contribution in [-0.2, 0) is 6.42 Å². The maximum atomic E-state index is 12.9. The van der Waals surface area contributed by atoms with Gasteiger partial charge in [-0.25, -0.2) is 0 Å². The van der Waals surface area contributed by atoms with Crippen molar-refractivity contribution in [1.29, 1.82) is 0 Å². The first kappa shape index (κ1) is 16.9. The molecule has 5 nitrogen and oxygen atoms in total. The molecule has 2 N–H and O–H groups in total. The zero-order chi connectivity index (χ0) is 17.9. The molecular formula is C21H23NO4. The van der Waals surface area contributed by atoms with Crippen LogP contribution in [0.5, 0.6) is 11.5 Å². The summed E-state index contributed by atoms with van der Waals surface area (Å²) in [4.78, 5) is 12.9. The second kappa shape index (κ2) is 7.38. The van der Waals surface area contributed by atoms with Gasteiger partial charge in [0.25, 0.3) is 5.91 Å². The molecule has 0 aromatic heterocycles. The Kier molecular flexibility index (Phi) is 4.80. The number of hydrogen-bond acceptors (Lipinski definition) is 4. The molecule has 1 fully saturated rings. The van der Waals surface area contributed by atoms with Crippen LogP contribution in [0.2, 0.25) is 0 Å². The van der Waals surface area contributed by atoms with Gasteiger partial charge in [-0.15, -0.1) is 0 Å². The number of carbonyl (C=O) groups is 1. The number of amides is 1. The average Bonchev–Trinajstić information content (AvgIpc) is 2.65. The summed E-state index contributed by atoms with van der Waals surface area (Å²) in [5, 5.41) is 12.9. The molecule has 1 heterocycles. The lowest BCUT2D eigenvalue weighted by Gasteiger charge is -2.38. The smallest absolute Gasteiger partial charge is 0.255 e. The second-order valence-corrected chi connectivity index (χ2v) is 6.98. The molecular weight excluding hydrogens is 330 g/mol. The van der Waals surface area contributed by atoms with Crippen molar-refractivity contribution in [2.24, 2.45) is 5.92 Å². The van der Waals surface area contributed by atoms with Crippen LogP contribution < -0.4 is 14.8 Å². The number of benzene rings is 2. The van der Waals surface area contributed by atoms with Gasteiger partial charge in [0.05, 0.1) is 11.7 Å². The molecule has 1 saturated carbocycles. The van der Waals surface area contributed by atoms with Crippen LogP contribution in [-0.4, -0.2) is 36.4 Å². The molecule has 1 amide bonds. The Labute approximate surface area is 152 Å². The summed E-state index contributed by atoms with van der Waals surface area (Å²) in [5.41, 5.74) is 1.67. The van der Waals surface area contributed by atoms with E-state index in [-0.39, 0.29) is 24.0 Å². The van der Waals surface area contributed by atoms with Crippen molar-refractivity contribution >= 4 is 5.91 Å². The lowest BCUT2D eigenvalue weighted by Crippen LogP contribution is -2.48. The van der Waals surface area contributed by atoms with E-state index in [1.165, 1.54) is 5.56 Å². The summed E-state index contributed by atoms with van der Waals surface area (Å²) in [6.45, 7) is 0.939. The molecule has 136 valence electrons. The summed E-state index contributed by atoms with van der Waals surface area (Å²) < 4.78 is 11.2. The Bertz CT molecular complexity index is 771. The monoisotopic (exact) mass is 353 g/mol. The van der Waals surface area contributed by atoms with Gasteiger partial charge in [0, 0.05) is 6.04 Å². The lowest BCUT2D eigenvalue weighted by atomic mass is 9.75. The largest absolute Gasteiger partial charge is 0.486 e. The minimum Gasteiger partial charge on any atom is -0.486 e. The third-order valence-corrected chi connectivity index (χ3v) is 5.14. The Morgan fingerprint density at radius 2 is 1.85 bits per heavy atom. The molecule has 0 saturated heterocycles. The van der Waals surface area contributed by atoms with Gasteiger partial charge in [0.15, 0.2) is 11.5 Å². The van der Waals surface area contributed by atoms with Crippen molar-refractivity contribution in [1.82, 2.24) is 5.32 Å². The third kappa shape index (κ3) is 3.53. The maximum absolute atomic E-state index is 12.9. The molecule has 1 atom stereocenters. The average molecular weight is 353 g/mol. The third-order valence-electron chi connectivity index (χ3n) is 5.14. The predicted octanol–water partition coefficient (Wildman–Crippen LogP) is 2.57. The minimum absolute atomic E-state index is 0.0198. The van der Waals surface area contributed by atoms with E-state index < -0.39 is 0 Å². The molecule has 1 aliphatic heterocycles. The molecule has 4 rings (SSSR count). The number of para-hydroxylation sites is 1. The normalized spacial score (nSPS) is 22.2. The van der Waals surface area contributed by atoms with Crippen molar-refractivity contribution in [2.45, 2.75) is 31.4 Å². The predicted molar refractivity (Wildman–Crippen MR) is 97.6 cm³/mol. The van der Waals surface area contributed by atoms with Gasteiger partial charge < -0.3 is 19.9 Å². The molecule has 2 aromatic rings. The van der Waals surface area contributed by atoms with E-state index in [9.17, 15) is 9.90 Å². The van der Waals surface area contributed by atoms with Crippen LogP contribution in [0.4, 0.5) is 0 Å². The molecule has 5 heteroatoms. The Morgan fingerprint density at radius 3 is 2.62 bits per heavy atom. The summed E-state index contributed by atoms with van der Waals surface area (Å²) in [5.74, 6) is 1.26. The highest BCUT2D eigenvalue weighted by Gasteiger charge is 2.35. The van der Waals surface area contributed by atoms with Crippen LogP contribution in [0.3, 0.4) is 0 Å². The van der Waals surface area contributed by atoms with E-state index >= 15 is 0 Å². The first-order chi connectivity index (χ1) is 12.7. The van der Waals surface area contributed by atoms with E-state index in [2.05, 4.69) is 17.4 Å². The van der Waals surface area contributed by atoms with E-state index in [0.717, 1.165) is 19.3 Å². The molecule has 26 heavy (non-hydrogen) atoms. The zero-order valence-corrected chi connectivity index (χ0v) is 14.6. The highest BCUT2D eigenvalue weighted by atomic mass is 16.6. The number of rotatable bonds is 5. The molecule has 0 spiro atoms. The van der Waals surface area contributed by atoms with Gasteiger partial charge in [-0.2, -0.15) is 0 Å². The Hall–Kier alpha value is -2.53. The second-order valence-electron chi connectivity index (χ2n) is 6.98. The number of carbonyl (C=O) groups excluding carboxylic acids is 1. The van der Waals surface area contributed by atoms with Gasteiger partial charge in [-0.3, -0.25) is 4.79 Å². The van der Waals surface area contributed by atoms with Gasteiger partial charge >= 0.3 is 0 Å². The quantitative estimate of drug-likeness (QED) is 0.867. The summed E-state index contributed by atoms with van der Waals surface area (Å²) in [6.07, 6.45) is 1.95. The van der Waals surface area contributed by atoms with Crippen molar-refractivity contribution in [3.63, 3.8) is 0 Å². The molecule has 0 radical (unpaired) electrons. The first-order valence-corrected chi connectivity index (χ1v) is 9.12. The number of hydrogen-bond donors (Lipinski definition) is 2. The summed E-state index contributed by atoms with van der Waals surface area (Å²) >= 11 is 0. The van der Waals surface area contributed by atoms with Crippen LogP contribution in [0.1, 0.15) is 28.8 Å². The van der Waals surface area contributed by atoms with Crippen LogP contribution in [0.25, 0.3) is 0 Å². The van der Waals surface area contributed by atoms with Gasteiger partial charge in [0.1, 0.15) is 13.2 Å².